The van der Waals surface area contributed by atoms with Crippen molar-refractivity contribution < 1.29 is 23.5 Å². The molecule has 0 atom stereocenters. The third kappa shape index (κ3) is 4.09. The number of rotatable bonds is 4. The van der Waals surface area contributed by atoms with Crippen molar-refractivity contribution in [2.75, 3.05) is 19.5 Å². The van der Waals surface area contributed by atoms with Crippen molar-refractivity contribution in [2.24, 2.45) is 0 Å². The van der Waals surface area contributed by atoms with Gasteiger partial charge in [0, 0.05) is 0 Å². The summed E-state index contributed by atoms with van der Waals surface area (Å²) in [6.07, 6.45) is 2.20. The summed E-state index contributed by atoms with van der Waals surface area (Å²) in [5, 5.41) is 6.07. The summed E-state index contributed by atoms with van der Waals surface area (Å²) in [6, 6.07) is 0. The van der Waals surface area contributed by atoms with Crippen LogP contribution < -0.4 is 14.8 Å². The van der Waals surface area contributed by atoms with Crippen LogP contribution in [0.4, 0.5) is 10.7 Å². The number of hydrogen-bond donors (Lipinski definition) is 1. The Morgan fingerprint density at radius 2 is 1.78 bits per heavy atom. The molecular weight excluding hydrogens is 304 g/mol. The lowest BCUT2D eigenvalue weighted by Crippen LogP contribution is -2.27. The molecule has 0 unspecified atom stereocenters. The minimum Gasteiger partial charge on any atom is -0.480 e. The number of methoxy groups -OCH3 is 2. The van der Waals surface area contributed by atoms with Crippen molar-refractivity contribution in [3.8, 4) is 22.9 Å². The summed E-state index contributed by atoms with van der Waals surface area (Å²) in [4.78, 5) is 20.1. The second-order valence-electron chi connectivity index (χ2n) is 5.48. The SMILES string of the molecule is COc1nc(NC(=O)OC(C)(C)C)nc(OC)c1-c1cnoc1. The molecule has 0 aliphatic carbocycles. The average Bonchev–Trinajstić information content (AvgIpc) is 2.97. The van der Waals surface area contributed by atoms with Gasteiger partial charge in [0.2, 0.25) is 17.7 Å². The summed E-state index contributed by atoms with van der Waals surface area (Å²) in [5.74, 6) is 0.394. The van der Waals surface area contributed by atoms with Gasteiger partial charge in [-0.25, -0.2) is 4.79 Å². The lowest BCUT2D eigenvalue weighted by atomic mass is 10.2. The van der Waals surface area contributed by atoms with Crippen LogP contribution >= 0.6 is 0 Å². The predicted octanol–water partition coefficient (Wildman–Crippen LogP) is 2.50. The van der Waals surface area contributed by atoms with E-state index in [1.807, 2.05) is 0 Å². The summed E-state index contributed by atoms with van der Waals surface area (Å²) >= 11 is 0. The first-order chi connectivity index (χ1) is 10.8. The number of nitrogens with zero attached hydrogens (tertiary/aromatic N) is 3. The van der Waals surface area contributed by atoms with E-state index in [2.05, 4.69) is 20.4 Å². The molecular formula is C14H18N4O5. The van der Waals surface area contributed by atoms with E-state index in [1.165, 1.54) is 26.7 Å². The first-order valence-electron chi connectivity index (χ1n) is 6.74. The minimum atomic E-state index is -0.681. The fourth-order valence-electron chi connectivity index (χ4n) is 1.74. The van der Waals surface area contributed by atoms with Crippen molar-refractivity contribution >= 4 is 12.0 Å². The van der Waals surface area contributed by atoms with Crippen molar-refractivity contribution in [3.05, 3.63) is 12.5 Å². The number of ether oxygens (including phenoxy) is 3. The Labute approximate surface area is 132 Å². The molecule has 23 heavy (non-hydrogen) atoms. The molecule has 0 saturated heterocycles. The van der Waals surface area contributed by atoms with E-state index in [9.17, 15) is 4.79 Å². The molecule has 1 amide bonds. The summed E-state index contributed by atoms with van der Waals surface area (Å²) < 4.78 is 20.4. The molecule has 124 valence electrons. The monoisotopic (exact) mass is 322 g/mol. The molecule has 0 aliphatic rings. The number of aromatic nitrogens is 3. The van der Waals surface area contributed by atoms with E-state index in [0.29, 0.717) is 11.1 Å². The Hall–Kier alpha value is -2.84. The van der Waals surface area contributed by atoms with E-state index in [4.69, 9.17) is 18.7 Å². The van der Waals surface area contributed by atoms with E-state index in [1.54, 1.807) is 20.8 Å². The normalized spacial score (nSPS) is 11.0. The zero-order chi connectivity index (χ0) is 17.0. The van der Waals surface area contributed by atoms with Crippen LogP contribution in [0.1, 0.15) is 20.8 Å². The molecule has 2 aromatic heterocycles. The van der Waals surface area contributed by atoms with Gasteiger partial charge in [-0.15, -0.1) is 0 Å². The molecule has 2 aromatic rings. The van der Waals surface area contributed by atoms with Gasteiger partial charge in [-0.1, -0.05) is 5.16 Å². The van der Waals surface area contributed by atoms with Crippen molar-refractivity contribution in [1.29, 1.82) is 0 Å². The van der Waals surface area contributed by atoms with Gasteiger partial charge in [-0.05, 0) is 20.8 Å². The molecule has 0 saturated carbocycles. The van der Waals surface area contributed by atoms with Gasteiger partial charge in [0.1, 0.15) is 17.4 Å². The highest BCUT2D eigenvalue weighted by Crippen LogP contribution is 2.36. The van der Waals surface area contributed by atoms with Crippen LogP contribution in [0.2, 0.25) is 0 Å². The quantitative estimate of drug-likeness (QED) is 0.914. The number of nitrogens with one attached hydrogen (secondary N) is 1. The summed E-state index contributed by atoms with van der Waals surface area (Å²) in [7, 11) is 2.88. The molecule has 2 rings (SSSR count). The Morgan fingerprint density at radius 3 is 2.22 bits per heavy atom. The van der Waals surface area contributed by atoms with Crippen molar-refractivity contribution in [1.82, 2.24) is 15.1 Å². The molecule has 0 aromatic carbocycles. The predicted molar refractivity (Wildman–Crippen MR) is 80.5 cm³/mol. The lowest BCUT2D eigenvalue weighted by molar-refractivity contribution is 0.0634. The minimum absolute atomic E-state index is 0.00634. The first-order valence-corrected chi connectivity index (χ1v) is 6.74. The standard InChI is InChI=1S/C14H18N4O5/c1-14(2,3)23-13(19)18-12-16-10(20-4)9(11(17-12)21-5)8-6-15-22-7-8/h6-7H,1-5H3,(H,16,17,18,19). The lowest BCUT2D eigenvalue weighted by Gasteiger charge is -2.19. The Balaban J connectivity index is 2.35. The molecule has 0 radical (unpaired) electrons. The topological polar surface area (TPSA) is 109 Å². The fraction of sp³-hybridized carbons (Fsp3) is 0.429. The number of hydrogen-bond acceptors (Lipinski definition) is 8. The van der Waals surface area contributed by atoms with Crippen LogP contribution in [-0.4, -0.2) is 41.0 Å². The maximum absolute atomic E-state index is 11.8. The van der Waals surface area contributed by atoms with Crippen LogP contribution in [0.25, 0.3) is 11.1 Å². The van der Waals surface area contributed by atoms with Gasteiger partial charge >= 0.3 is 6.09 Å². The zero-order valence-electron chi connectivity index (χ0n) is 13.5. The molecule has 0 fully saturated rings. The van der Waals surface area contributed by atoms with Crippen LogP contribution in [0.15, 0.2) is 17.0 Å². The Kier molecular flexibility index (Phi) is 4.68. The second kappa shape index (κ2) is 6.51. The number of anilines is 1. The molecule has 0 aliphatic heterocycles. The fourth-order valence-corrected chi connectivity index (χ4v) is 1.74. The number of amides is 1. The molecule has 2 heterocycles. The molecule has 0 spiro atoms. The highest BCUT2D eigenvalue weighted by molar-refractivity contribution is 5.83. The second-order valence-corrected chi connectivity index (χ2v) is 5.48. The molecule has 0 bridgehead atoms. The maximum atomic E-state index is 11.8. The maximum Gasteiger partial charge on any atom is 0.414 e. The molecule has 9 heteroatoms. The molecule has 1 N–H and O–H groups in total. The van der Waals surface area contributed by atoms with Gasteiger partial charge in [0.25, 0.3) is 0 Å². The van der Waals surface area contributed by atoms with Gasteiger partial charge in [-0.3, -0.25) is 5.32 Å². The first kappa shape index (κ1) is 16.5. The van der Waals surface area contributed by atoms with E-state index >= 15 is 0 Å². The number of carbonyl (C=O) groups is 1. The van der Waals surface area contributed by atoms with Crippen molar-refractivity contribution in [2.45, 2.75) is 26.4 Å². The highest BCUT2D eigenvalue weighted by atomic mass is 16.6. The van der Waals surface area contributed by atoms with E-state index in [0.717, 1.165) is 0 Å². The summed E-state index contributed by atoms with van der Waals surface area (Å²) in [5.41, 5.74) is 0.411. The Bertz CT molecular complexity index is 654. The molecule has 9 nitrogen and oxygen atoms in total. The smallest absolute Gasteiger partial charge is 0.414 e. The zero-order valence-corrected chi connectivity index (χ0v) is 13.5. The Morgan fingerprint density at radius 1 is 1.17 bits per heavy atom. The van der Waals surface area contributed by atoms with Crippen LogP contribution in [0.5, 0.6) is 11.8 Å². The van der Waals surface area contributed by atoms with E-state index in [-0.39, 0.29) is 17.7 Å². The van der Waals surface area contributed by atoms with Crippen LogP contribution in [-0.2, 0) is 4.74 Å². The van der Waals surface area contributed by atoms with Crippen LogP contribution in [0, 0.1) is 0 Å². The third-order valence-electron chi connectivity index (χ3n) is 2.56. The summed E-state index contributed by atoms with van der Waals surface area (Å²) in [6.45, 7) is 5.26. The van der Waals surface area contributed by atoms with Gasteiger partial charge in [0.05, 0.1) is 26.0 Å². The van der Waals surface area contributed by atoms with Gasteiger partial charge in [-0.2, -0.15) is 9.97 Å². The third-order valence-corrected chi connectivity index (χ3v) is 2.56. The van der Waals surface area contributed by atoms with Gasteiger partial charge in [0.15, 0.2) is 0 Å². The largest absolute Gasteiger partial charge is 0.480 e. The number of carbonyl (C=O) groups excluding carboxylic acids is 1. The average molecular weight is 322 g/mol. The van der Waals surface area contributed by atoms with Crippen molar-refractivity contribution in [3.63, 3.8) is 0 Å². The highest BCUT2D eigenvalue weighted by Gasteiger charge is 2.22. The van der Waals surface area contributed by atoms with Gasteiger partial charge < -0.3 is 18.7 Å². The van der Waals surface area contributed by atoms with E-state index < -0.39 is 11.7 Å². The van der Waals surface area contributed by atoms with Crippen LogP contribution in [0.3, 0.4) is 0 Å².